The monoisotopic (exact) mass is 321 g/mol. The minimum absolute atomic E-state index is 0.0132. The van der Waals surface area contributed by atoms with Crippen LogP contribution in [0.3, 0.4) is 0 Å². The van der Waals surface area contributed by atoms with Crippen molar-refractivity contribution >= 4 is 29.2 Å². The molecule has 0 radical (unpaired) electrons. The zero-order valence-corrected chi connectivity index (χ0v) is 12.7. The predicted molar refractivity (Wildman–Crippen MR) is 81.9 cm³/mol. The molecule has 2 rings (SSSR count). The van der Waals surface area contributed by atoms with Crippen molar-refractivity contribution in [2.75, 3.05) is 12.4 Å². The normalized spacial score (nSPS) is 10.2. The molecule has 2 aromatic carbocycles. The van der Waals surface area contributed by atoms with Gasteiger partial charge >= 0.3 is 5.97 Å². The zero-order valence-electron chi connectivity index (χ0n) is 11.9. The second-order valence-corrected chi connectivity index (χ2v) is 4.98. The van der Waals surface area contributed by atoms with Crippen LogP contribution >= 0.6 is 11.6 Å². The van der Waals surface area contributed by atoms with Gasteiger partial charge in [-0.15, -0.1) is 0 Å². The zero-order chi connectivity index (χ0) is 16.3. The fraction of sp³-hybridized carbons (Fsp3) is 0.125. The van der Waals surface area contributed by atoms with Crippen LogP contribution in [0.2, 0.25) is 5.02 Å². The maximum absolute atomic E-state index is 13.7. The van der Waals surface area contributed by atoms with Gasteiger partial charge in [-0.05, 0) is 36.8 Å². The second-order valence-electron chi connectivity index (χ2n) is 4.57. The Kier molecular flexibility index (Phi) is 4.78. The van der Waals surface area contributed by atoms with Gasteiger partial charge in [0, 0.05) is 5.69 Å². The molecule has 0 aliphatic heterocycles. The number of esters is 1. The summed E-state index contributed by atoms with van der Waals surface area (Å²) in [5, 5.41) is 2.57. The molecule has 114 valence electrons. The minimum atomic E-state index is -0.716. The van der Waals surface area contributed by atoms with Crippen LogP contribution in [0.1, 0.15) is 26.3 Å². The molecule has 0 aromatic heterocycles. The van der Waals surface area contributed by atoms with E-state index in [9.17, 15) is 14.0 Å². The Hall–Kier alpha value is -2.40. The molecule has 0 spiro atoms. The number of nitrogens with one attached hydrogen (secondary N) is 1. The average molecular weight is 322 g/mol. The second kappa shape index (κ2) is 6.58. The van der Waals surface area contributed by atoms with Gasteiger partial charge in [0.15, 0.2) is 0 Å². The summed E-state index contributed by atoms with van der Waals surface area (Å²) in [7, 11) is 1.26. The number of halogens is 2. The van der Waals surface area contributed by atoms with E-state index in [0.29, 0.717) is 11.3 Å². The SMILES string of the molecule is COC(=O)c1ccc(C)c(NC(=O)c2c(F)cccc2Cl)c1. The summed E-state index contributed by atoms with van der Waals surface area (Å²) < 4.78 is 18.4. The summed E-state index contributed by atoms with van der Waals surface area (Å²) >= 11 is 5.86. The summed E-state index contributed by atoms with van der Waals surface area (Å²) in [5.74, 6) is -1.93. The number of hydrogen-bond acceptors (Lipinski definition) is 3. The van der Waals surface area contributed by atoms with Gasteiger partial charge in [-0.2, -0.15) is 0 Å². The third kappa shape index (κ3) is 3.26. The van der Waals surface area contributed by atoms with E-state index >= 15 is 0 Å². The summed E-state index contributed by atoms with van der Waals surface area (Å²) in [6.07, 6.45) is 0. The highest BCUT2D eigenvalue weighted by atomic mass is 35.5. The Morgan fingerprint density at radius 2 is 1.95 bits per heavy atom. The molecule has 0 fully saturated rings. The summed E-state index contributed by atoms with van der Waals surface area (Å²) in [6.45, 7) is 1.75. The molecule has 4 nitrogen and oxygen atoms in total. The van der Waals surface area contributed by atoms with Gasteiger partial charge in [-0.1, -0.05) is 23.7 Å². The lowest BCUT2D eigenvalue weighted by atomic mass is 10.1. The standard InChI is InChI=1S/C16H13ClFNO3/c1-9-6-7-10(16(21)22-2)8-13(9)19-15(20)14-11(17)4-3-5-12(14)18/h3-8H,1-2H3,(H,19,20). The van der Waals surface area contributed by atoms with Crippen LogP contribution < -0.4 is 5.32 Å². The van der Waals surface area contributed by atoms with Gasteiger partial charge < -0.3 is 10.1 Å². The van der Waals surface area contributed by atoms with E-state index in [1.807, 2.05) is 0 Å². The molecule has 0 bridgehead atoms. The molecule has 6 heteroatoms. The molecule has 1 N–H and O–H groups in total. The van der Waals surface area contributed by atoms with Crippen molar-refractivity contribution in [3.8, 4) is 0 Å². The highest BCUT2D eigenvalue weighted by Crippen LogP contribution is 2.23. The van der Waals surface area contributed by atoms with Gasteiger partial charge in [0.25, 0.3) is 5.91 Å². The van der Waals surface area contributed by atoms with Crippen LogP contribution in [-0.2, 0) is 4.74 Å². The fourth-order valence-corrected chi connectivity index (χ4v) is 2.15. The van der Waals surface area contributed by atoms with Crippen molar-refractivity contribution in [2.24, 2.45) is 0 Å². The highest BCUT2D eigenvalue weighted by Gasteiger charge is 2.17. The van der Waals surface area contributed by atoms with Crippen LogP contribution in [0.4, 0.5) is 10.1 Å². The van der Waals surface area contributed by atoms with Crippen LogP contribution in [-0.4, -0.2) is 19.0 Å². The van der Waals surface area contributed by atoms with Crippen molar-refractivity contribution in [3.05, 3.63) is 63.9 Å². The predicted octanol–water partition coefficient (Wildman–Crippen LogP) is 3.83. The van der Waals surface area contributed by atoms with Gasteiger partial charge in [0.2, 0.25) is 0 Å². The van der Waals surface area contributed by atoms with Crippen molar-refractivity contribution in [3.63, 3.8) is 0 Å². The largest absolute Gasteiger partial charge is 0.465 e. The quantitative estimate of drug-likeness (QED) is 0.874. The lowest BCUT2D eigenvalue weighted by Gasteiger charge is -2.11. The van der Waals surface area contributed by atoms with Crippen molar-refractivity contribution in [1.82, 2.24) is 0 Å². The molecule has 0 heterocycles. The Labute approximate surface area is 131 Å². The number of benzene rings is 2. The number of carbonyl (C=O) groups excluding carboxylic acids is 2. The number of anilines is 1. The number of aryl methyl sites for hydroxylation is 1. The average Bonchev–Trinajstić information content (AvgIpc) is 2.48. The third-order valence-electron chi connectivity index (χ3n) is 3.10. The Balaban J connectivity index is 2.34. The third-order valence-corrected chi connectivity index (χ3v) is 3.41. The molecular weight excluding hydrogens is 309 g/mol. The Morgan fingerprint density at radius 3 is 2.59 bits per heavy atom. The first-order chi connectivity index (χ1) is 10.4. The number of amides is 1. The van der Waals surface area contributed by atoms with Crippen LogP contribution in [0.25, 0.3) is 0 Å². The Bertz CT molecular complexity index is 726. The van der Waals surface area contributed by atoms with E-state index in [4.69, 9.17) is 11.6 Å². The molecule has 0 unspecified atom stereocenters. The van der Waals surface area contributed by atoms with Crippen LogP contribution in [0.5, 0.6) is 0 Å². The van der Waals surface area contributed by atoms with E-state index in [0.717, 1.165) is 6.07 Å². The molecule has 0 saturated carbocycles. The molecule has 0 aliphatic rings. The first-order valence-electron chi connectivity index (χ1n) is 6.38. The molecular formula is C16H13ClFNO3. The van der Waals surface area contributed by atoms with Gasteiger partial charge in [0.1, 0.15) is 5.82 Å². The van der Waals surface area contributed by atoms with Crippen molar-refractivity contribution in [2.45, 2.75) is 6.92 Å². The number of rotatable bonds is 3. The molecule has 0 saturated heterocycles. The number of ether oxygens (including phenoxy) is 1. The van der Waals surface area contributed by atoms with Crippen LogP contribution in [0, 0.1) is 12.7 Å². The number of carbonyl (C=O) groups is 2. The maximum Gasteiger partial charge on any atom is 0.337 e. The van der Waals surface area contributed by atoms with Crippen molar-refractivity contribution in [1.29, 1.82) is 0 Å². The molecule has 0 atom stereocenters. The van der Waals surface area contributed by atoms with Gasteiger partial charge in [-0.3, -0.25) is 4.79 Å². The van der Waals surface area contributed by atoms with E-state index in [1.54, 1.807) is 19.1 Å². The highest BCUT2D eigenvalue weighted by molar-refractivity contribution is 6.34. The molecule has 1 amide bonds. The first-order valence-corrected chi connectivity index (χ1v) is 6.76. The summed E-state index contributed by atoms with van der Waals surface area (Å²) in [5.41, 5.74) is 1.13. The number of hydrogen-bond donors (Lipinski definition) is 1. The van der Waals surface area contributed by atoms with Crippen molar-refractivity contribution < 1.29 is 18.7 Å². The number of methoxy groups -OCH3 is 1. The first kappa shape index (κ1) is 16.0. The lowest BCUT2D eigenvalue weighted by molar-refractivity contribution is 0.0600. The van der Waals surface area contributed by atoms with Gasteiger partial charge in [-0.25, -0.2) is 9.18 Å². The topological polar surface area (TPSA) is 55.4 Å². The minimum Gasteiger partial charge on any atom is -0.465 e. The molecule has 22 heavy (non-hydrogen) atoms. The van der Waals surface area contributed by atoms with Gasteiger partial charge in [0.05, 0.1) is 23.3 Å². The molecule has 2 aromatic rings. The van der Waals surface area contributed by atoms with E-state index < -0.39 is 17.7 Å². The smallest absolute Gasteiger partial charge is 0.337 e. The van der Waals surface area contributed by atoms with E-state index in [-0.39, 0.29) is 16.1 Å². The van der Waals surface area contributed by atoms with E-state index in [1.165, 1.54) is 25.3 Å². The van der Waals surface area contributed by atoms with Crippen LogP contribution in [0.15, 0.2) is 36.4 Å². The molecule has 0 aliphatic carbocycles. The summed E-state index contributed by atoms with van der Waals surface area (Å²) in [6, 6.07) is 8.69. The Morgan fingerprint density at radius 1 is 1.23 bits per heavy atom. The fourth-order valence-electron chi connectivity index (χ4n) is 1.90. The lowest BCUT2D eigenvalue weighted by Crippen LogP contribution is -2.16. The summed E-state index contributed by atoms with van der Waals surface area (Å²) in [4.78, 5) is 23.7. The van der Waals surface area contributed by atoms with E-state index in [2.05, 4.69) is 10.1 Å². The maximum atomic E-state index is 13.7.